The number of aromatic nitrogens is 1. The zero-order chi connectivity index (χ0) is 12.5. The van der Waals surface area contributed by atoms with E-state index in [4.69, 9.17) is 0 Å². The average Bonchev–Trinajstić information content (AvgIpc) is 2.82. The van der Waals surface area contributed by atoms with E-state index in [1.807, 2.05) is 0 Å². The lowest BCUT2D eigenvalue weighted by Crippen LogP contribution is -2.26. The van der Waals surface area contributed by atoms with Crippen LogP contribution in [0.4, 0.5) is 0 Å². The van der Waals surface area contributed by atoms with Gasteiger partial charge in [-0.1, -0.05) is 26.3 Å². The molecule has 2 heteroatoms. The molecule has 0 radical (unpaired) electrons. The van der Waals surface area contributed by atoms with Crippen LogP contribution >= 0.6 is 0 Å². The molecule has 1 atom stereocenters. The number of H-pyrrole nitrogens is 1. The third-order valence-electron chi connectivity index (χ3n) is 4.02. The van der Waals surface area contributed by atoms with E-state index in [9.17, 15) is 0 Å². The molecule has 1 aliphatic rings. The fraction of sp³-hybridized carbons (Fsp3) is 0.500. The molecule has 2 aromatic rings. The van der Waals surface area contributed by atoms with Crippen molar-refractivity contribution in [2.45, 2.75) is 45.1 Å². The number of hydrogen-bond donors (Lipinski definition) is 2. The maximum Gasteiger partial charge on any atom is 0.0473 e. The molecule has 1 aliphatic heterocycles. The van der Waals surface area contributed by atoms with Crippen LogP contribution in [-0.2, 0) is 0 Å². The van der Waals surface area contributed by atoms with Crippen molar-refractivity contribution in [2.24, 2.45) is 0 Å². The SMILES string of the molecule is CC(C)c1ccc2[nH]c(C3CCCCN3)cc2c1. The van der Waals surface area contributed by atoms with Gasteiger partial charge < -0.3 is 10.3 Å². The Bertz CT molecular complexity index is 533. The van der Waals surface area contributed by atoms with E-state index >= 15 is 0 Å². The highest BCUT2D eigenvalue weighted by molar-refractivity contribution is 5.81. The first kappa shape index (κ1) is 11.8. The molecule has 1 aromatic heterocycles. The standard InChI is InChI=1S/C16H22N2/c1-11(2)12-6-7-14-13(9-12)10-16(18-14)15-5-3-4-8-17-15/h6-7,9-11,15,17-18H,3-5,8H2,1-2H3. The number of piperidine rings is 1. The smallest absolute Gasteiger partial charge is 0.0473 e. The number of rotatable bonds is 2. The van der Waals surface area contributed by atoms with Crippen LogP contribution in [0.1, 0.15) is 56.3 Å². The van der Waals surface area contributed by atoms with Gasteiger partial charge in [-0.05, 0) is 54.5 Å². The monoisotopic (exact) mass is 242 g/mol. The van der Waals surface area contributed by atoms with Gasteiger partial charge in [0.25, 0.3) is 0 Å². The predicted octanol–water partition coefficient (Wildman–Crippen LogP) is 4.11. The highest BCUT2D eigenvalue weighted by Gasteiger charge is 2.16. The maximum absolute atomic E-state index is 3.60. The average molecular weight is 242 g/mol. The Morgan fingerprint density at radius 3 is 2.78 bits per heavy atom. The van der Waals surface area contributed by atoms with Gasteiger partial charge in [-0.2, -0.15) is 0 Å². The van der Waals surface area contributed by atoms with Crippen LogP contribution < -0.4 is 5.32 Å². The highest BCUT2D eigenvalue weighted by atomic mass is 14.9. The summed E-state index contributed by atoms with van der Waals surface area (Å²) in [6.07, 6.45) is 3.91. The molecule has 1 saturated heterocycles. The zero-order valence-electron chi connectivity index (χ0n) is 11.3. The topological polar surface area (TPSA) is 27.8 Å². The van der Waals surface area contributed by atoms with Crippen molar-refractivity contribution in [3.63, 3.8) is 0 Å². The molecule has 0 saturated carbocycles. The molecule has 0 spiro atoms. The van der Waals surface area contributed by atoms with Crippen LogP contribution in [0.15, 0.2) is 24.3 Å². The van der Waals surface area contributed by atoms with Crippen molar-refractivity contribution in [3.8, 4) is 0 Å². The summed E-state index contributed by atoms with van der Waals surface area (Å²) in [5.74, 6) is 0.598. The third-order valence-corrected chi connectivity index (χ3v) is 4.02. The minimum Gasteiger partial charge on any atom is -0.357 e. The first-order valence-corrected chi connectivity index (χ1v) is 7.10. The van der Waals surface area contributed by atoms with E-state index in [1.54, 1.807) is 0 Å². The van der Waals surface area contributed by atoms with Crippen molar-refractivity contribution < 1.29 is 0 Å². The molecular weight excluding hydrogens is 220 g/mol. The summed E-state index contributed by atoms with van der Waals surface area (Å²) >= 11 is 0. The van der Waals surface area contributed by atoms with E-state index in [-0.39, 0.29) is 0 Å². The van der Waals surface area contributed by atoms with Gasteiger partial charge in [-0.15, -0.1) is 0 Å². The Hall–Kier alpha value is -1.28. The summed E-state index contributed by atoms with van der Waals surface area (Å²) < 4.78 is 0. The molecule has 2 nitrogen and oxygen atoms in total. The second-order valence-electron chi connectivity index (χ2n) is 5.73. The second kappa shape index (κ2) is 4.77. The predicted molar refractivity (Wildman–Crippen MR) is 77.0 cm³/mol. The molecule has 2 heterocycles. The van der Waals surface area contributed by atoms with Crippen LogP contribution in [0.25, 0.3) is 10.9 Å². The summed E-state index contributed by atoms with van der Waals surface area (Å²) in [4.78, 5) is 3.57. The maximum atomic E-state index is 3.60. The van der Waals surface area contributed by atoms with Crippen molar-refractivity contribution in [3.05, 3.63) is 35.5 Å². The molecule has 2 N–H and O–H groups in total. The van der Waals surface area contributed by atoms with Crippen molar-refractivity contribution in [1.29, 1.82) is 0 Å². The largest absolute Gasteiger partial charge is 0.357 e. The van der Waals surface area contributed by atoms with Gasteiger partial charge in [0, 0.05) is 17.3 Å². The van der Waals surface area contributed by atoms with Crippen LogP contribution in [0.5, 0.6) is 0 Å². The highest BCUT2D eigenvalue weighted by Crippen LogP contribution is 2.27. The van der Waals surface area contributed by atoms with Crippen LogP contribution in [0.2, 0.25) is 0 Å². The number of benzene rings is 1. The van der Waals surface area contributed by atoms with Crippen LogP contribution in [0, 0.1) is 0 Å². The van der Waals surface area contributed by atoms with Gasteiger partial charge in [0.05, 0.1) is 0 Å². The molecule has 1 unspecified atom stereocenters. The molecule has 96 valence electrons. The number of aromatic amines is 1. The van der Waals surface area contributed by atoms with Gasteiger partial charge in [0.1, 0.15) is 0 Å². The van der Waals surface area contributed by atoms with Gasteiger partial charge in [-0.3, -0.25) is 0 Å². The Morgan fingerprint density at radius 2 is 2.06 bits per heavy atom. The summed E-state index contributed by atoms with van der Waals surface area (Å²) in [6, 6.07) is 9.62. The quantitative estimate of drug-likeness (QED) is 0.815. The fourth-order valence-corrected chi connectivity index (χ4v) is 2.84. The molecule has 0 bridgehead atoms. The van der Waals surface area contributed by atoms with E-state index < -0.39 is 0 Å². The minimum absolute atomic E-state index is 0.522. The number of nitrogens with one attached hydrogen (secondary N) is 2. The Kier molecular flexibility index (Phi) is 3.13. The Balaban J connectivity index is 1.94. The summed E-state index contributed by atoms with van der Waals surface area (Å²) in [5, 5.41) is 4.95. The summed E-state index contributed by atoms with van der Waals surface area (Å²) in [7, 11) is 0. The molecule has 3 rings (SSSR count). The van der Waals surface area contributed by atoms with E-state index in [1.165, 1.54) is 41.4 Å². The Labute approximate surface area is 109 Å². The first-order valence-electron chi connectivity index (χ1n) is 7.10. The minimum atomic E-state index is 0.522. The van der Waals surface area contributed by atoms with Gasteiger partial charge in [-0.25, -0.2) is 0 Å². The molecule has 18 heavy (non-hydrogen) atoms. The summed E-state index contributed by atoms with van der Waals surface area (Å²) in [5.41, 5.74) is 4.04. The number of hydrogen-bond acceptors (Lipinski definition) is 1. The van der Waals surface area contributed by atoms with Gasteiger partial charge in [0.15, 0.2) is 0 Å². The van der Waals surface area contributed by atoms with E-state index in [2.05, 4.69) is 48.4 Å². The van der Waals surface area contributed by atoms with Crippen LogP contribution in [0.3, 0.4) is 0 Å². The third kappa shape index (κ3) is 2.17. The molecular formula is C16H22N2. The lowest BCUT2D eigenvalue weighted by molar-refractivity contribution is 0.407. The number of fused-ring (bicyclic) bond motifs is 1. The summed E-state index contributed by atoms with van der Waals surface area (Å²) in [6.45, 7) is 5.64. The second-order valence-corrected chi connectivity index (χ2v) is 5.73. The molecule has 1 aromatic carbocycles. The molecule has 0 aliphatic carbocycles. The van der Waals surface area contributed by atoms with Gasteiger partial charge >= 0.3 is 0 Å². The lowest BCUT2D eigenvalue weighted by Gasteiger charge is -2.22. The first-order chi connectivity index (χ1) is 8.74. The van der Waals surface area contributed by atoms with Crippen LogP contribution in [-0.4, -0.2) is 11.5 Å². The fourth-order valence-electron chi connectivity index (χ4n) is 2.84. The zero-order valence-corrected chi connectivity index (χ0v) is 11.3. The van der Waals surface area contributed by atoms with Crippen molar-refractivity contribution in [2.75, 3.05) is 6.54 Å². The van der Waals surface area contributed by atoms with E-state index in [0.717, 1.165) is 6.54 Å². The molecule has 1 fully saturated rings. The van der Waals surface area contributed by atoms with Crippen molar-refractivity contribution >= 4 is 10.9 Å². The molecule has 0 amide bonds. The lowest BCUT2D eigenvalue weighted by atomic mass is 10.0. The van der Waals surface area contributed by atoms with Crippen molar-refractivity contribution in [1.82, 2.24) is 10.3 Å². The van der Waals surface area contributed by atoms with E-state index in [0.29, 0.717) is 12.0 Å². The normalized spacial score (nSPS) is 20.7. The van der Waals surface area contributed by atoms with Gasteiger partial charge in [0.2, 0.25) is 0 Å². The Morgan fingerprint density at radius 1 is 1.17 bits per heavy atom.